The number of nitrogens with zero attached hydrogens (tertiary/aromatic N) is 3. The van der Waals surface area contributed by atoms with Crippen LogP contribution in [0, 0.1) is 5.92 Å². The molecule has 1 aromatic carbocycles. The highest BCUT2D eigenvalue weighted by atomic mass is 16.5. The summed E-state index contributed by atoms with van der Waals surface area (Å²) in [6.45, 7) is 2.44. The summed E-state index contributed by atoms with van der Waals surface area (Å²) in [5.41, 5.74) is 0.637. The van der Waals surface area contributed by atoms with Gasteiger partial charge in [-0.05, 0) is 31.5 Å². The molecule has 218 valence electrons. The Hall–Kier alpha value is -3.75. The zero-order valence-corrected chi connectivity index (χ0v) is 22.1. The van der Waals surface area contributed by atoms with Gasteiger partial charge in [-0.15, -0.1) is 0 Å². The summed E-state index contributed by atoms with van der Waals surface area (Å²) >= 11 is 0. The molecule has 0 heterocycles. The van der Waals surface area contributed by atoms with E-state index in [4.69, 9.17) is 9.84 Å². The third kappa shape index (κ3) is 12.6. The van der Waals surface area contributed by atoms with Crippen molar-refractivity contribution in [2.45, 2.75) is 26.3 Å². The molecule has 1 unspecified atom stereocenters. The number of likely N-dealkylation sites (N-methyl/N-ethyl adjacent to an activating group) is 1. The lowest BCUT2D eigenvalue weighted by Crippen LogP contribution is -2.52. The number of hydrogen-bond acceptors (Lipinski definition) is 9. The van der Waals surface area contributed by atoms with Crippen molar-refractivity contribution < 1.29 is 54.2 Å². The van der Waals surface area contributed by atoms with E-state index in [1.165, 1.54) is 9.80 Å². The average Bonchev–Trinajstić information content (AvgIpc) is 2.83. The van der Waals surface area contributed by atoms with Crippen molar-refractivity contribution in [3.05, 3.63) is 29.8 Å². The van der Waals surface area contributed by atoms with E-state index in [1.54, 1.807) is 43.0 Å². The molecule has 0 radical (unpaired) electrons. The predicted molar refractivity (Wildman–Crippen MR) is 137 cm³/mol. The summed E-state index contributed by atoms with van der Waals surface area (Å²) in [7, 11) is 0. The fourth-order valence-corrected chi connectivity index (χ4v) is 4.09. The number of carbonyl (C=O) groups is 5. The van der Waals surface area contributed by atoms with Crippen LogP contribution in [0.4, 0.5) is 0 Å². The molecule has 0 fully saturated rings. The van der Waals surface area contributed by atoms with E-state index in [0.717, 1.165) is 0 Å². The van der Waals surface area contributed by atoms with Crippen LogP contribution in [-0.2, 0) is 30.4 Å². The maximum Gasteiger partial charge on any atom is 0.319 e. The second-order valence-corrected chi connectivity index (χ2v) is 8.84. The van der Waals surface area contributed by atoms with Gasteiger partial charge in [-0.3, -0.25) is 38.7 Å². The minimum absolute atomic E-state index is 0.0728. The molecule has 0 aromatic heterocycles. The molecule has 1 atom stereocenters. The van der Waals surface area contributed by atoms with Gasteiger partial charge in [0, 0.05) is 32.2 Å². The number of benzene rings is 1. The molecule has 1 rings (SSSR count). The lowest BCUT2D eigenvalue weighted by molar-refractivity contribution is -0.157. The van der Waals surface area contributed by atoms with E-state index in [2.05, 4.69) is 0 Å². The van der Waals surface area contributed by atoms with E-state index in [0.29, 0.717) is 24.5 Å². The second-order valence-electron chi connectivity index (χ2n) is 8.84. The van der Waals surface area contributed by atoms with E-state index in [-0.39, 0.29) is 32.6 Å². The van der Waals surface area contributed by atoms with Crippen LogP contribution in [0.15, 0.2) is 24.3 Å². The Morgan fingerprint density at radius 3 is 1.82 bits per heavy atom. The second kappa shape index (κ2) is 17.0. The Morgan fingerprint density at radius 1 is 0.769 bits per heavy atom. The molecule has 0 aliphatic heterocycles. The topological polar surface area (TPSA) is 205 Å². The first-order valence-corrected chi connectivity index (χ1v) is 12.4. The van der Waals surface area contributed by atoms with Crippen LogP contribution >= 0.6 is 0 Å². The Labute approximate surface area is 226 Å². The average molecular weight is 556 g/mol. The molecule has 0 aliphatic carbocycles. The fourth-order valence-electron chi connectivity index (χ4n) is 4.09. The molecular weight excluding hydrogens is 518 g/mol. The highest BCUT2D eigenvalue weighted by molar-refractivity contribution is 5.93. The van der Waals surface area contributed by atoms with Crippen LogP contribution in [-0.4, -0.2) is 135 Å². The Balaban J connectivity index is 3.44. The number of carboxylic acid groups (broad SMARTS) is 5. The molecule has 0 amide bonds. The predicted octanol–water partition coefficient (Wildman–Crippen LogP) is -0.0385. The van der Waals surface area contributed by atoms with Gasteiger partial charge in [0.15, 0.2) is 5.92 Å². The van der Waals surface area contributed by atoms with E-state index >= 15 is 0 Å². The van der Waals surface area contributed by atoms with Crippen molar-refractivity contribution in [3.8, 4) is 5.75 Å². The van der Waals surface area contributed by atoms with Gasteiger partial charge in [0.2, 0.25) is 0 Å². The fraction of sp³-hybridized carbons (Fsp3) is 0.560. The maximum atomic E-state index is 11.7. The molecule has 0 bridgehead atoms. The minimum atomic E-state index is -1.92. The summed E-state index contributed by atoms with van der Waals surface area (Å²) in [6, 6.07) is 6.07. The third-order valence-electron chi connectivity index (χ3n) is 5.96. The summed E-state index contributed by atoms with van der Waals surface area (Å²) < 4.78 is 5.66. The lowest BCUT2D eigenvalue weighted by atomic mass is 10.0. The highest BCUT2D eigenvalue weighted by Crippen LogP contribution is 2.22. The van der Waals surface area contributed by atoms with Crippen molar-refractivity contribution in [3.63, 3.8) is 0 Å². The van der Waals surface area contributed by atoms with Crippen LogP contribution < -0.4 is 4.74 Å². The summed E-state index contributed by atoms with van der Waals surface area (Å²) in [6.07, 6.45) is 0.0954. The first-order chi connectivity index (χ1) is 18.4. The smallest absolute Gasteiger partial charge is 0.319 e. The van der Waals surface area contributed by atoms with Crippen molar-refractivity contribution >= 4 is 29.8 Å². The van der Waals surface area contributed by atoms with Gasteiger partial charge in [0.25, 0.3) is 0 Å². The number of carboxylic acids is 5. The van der Waals surface area contributed by atoms with Crippen LogP contribution in [0.2, 0.25) is 0 Å². The molecule has 0 spiro atoms. The van der Waals surface area contributed by atoms with E-state index in [9.17, 15) is 44.4 Å². The maximum absolute atomic E-state index is 11.7. The standard InChI is InChI=1S/C25H37N3O11/c1-3-26(14-21(29)30)9-10-27(15-22(31)32)12-18(11-17-7-5-6-8-20(17)39-4-2)28(16-23(33)34)13-19(24(35)36)25(37)38/h5-8,18-19H,3-4,9-16H2,1-2H3,(H,29,30)(H,31,32)(H,33,34)(H,35,36)(H,37,38). The van der Waals surface area contributed by atoms with Gasteiger partial charge in [-0.2, -0.15) is 0 Å². The Kier molecular flexibility index (Phi) is 14.5. The molecule has 14 heteroatoms. The number of ether oxygens (including phenoxy) is 1. The number of para-hydroxylation sites is 1. The number of aliphatic carboxylic acids is 5. The number of rotatable bonds is 21. The molecular formula is C25H37N3O11. The summed E-state index contributed by atoms with van der Waals surface area (Å²) in [5, 5.41) is 47.1. The van der Waals surface area contributed by atoms with E-state index in [1.807, 2.05) is 0 Å². The molecule has 39 heavy (non-hydrogen) atoms. The van der Waals surface area contributed by atoms with Gasteiger partial charge in [-0.1, -0.05) is 25.1 Å². The molecule has 1 aromatic rings. The van der Waals surface area contributed by atoms with Crippen molar-refractivity contribution in [1.82, 2.24) is 14.7 Å². The Morgan fingerprint density at radius 2 is 1.31 bits per heavy atom. The van der Waals surface area contributed by atoms with Crippen molar-refractivity contribution in [2.75, 3.05) is 59.0 Å². The quantitative estimate of drug-likeness (QED) is 0.126. The molecule has 0 saturated carbocycles. The summed E-state index contributed by atoms with van der Waals surface area (Å²) in [4.78, 5) is 62.1. The SMILES string of the molecule is CCOc1ccccc1CC(CN(CCN(CC)CC(=O)O)CC(=O)O)N(CC(=O)O)CC(C(=O)O)C(=O)O. The molecule has 14 nitrogen and oxygen atoms in total. The van der Waals surface area contributed by atoms with Gasteiger partial charge in [0.1, 0.15) is 5.75 Å². The largest absolute Gasteiger partial charge is 0.494 e. The van der Waals surface area contributed by atoms with E-state index < -0.39 is 61.4 Å². The van der Waals surface area contributed by atoms with Gasteiger partial charge >= 0.3 is 29.8 Å². The molecule has 5 N–H and O–H groups in total. The van der Waals surface area contributed by atoms with Crippen LogP contribution in [0.3, 0.4) is 0 Å². The third-order valence-corrected chi connectivity index (χ3v) is 5.96. The Bertz CT molecular complexity index is 974. The first-order valence-electron chi connectivity index (χ1n) is 12.4. The van der Waals surface area contributed by atoms with Gasteiger partial charge in [0.05, 0.1) is 26.2 Å². The normalized spacial score (nSPS) is 12.2. The van der Waals surface area contributed by atoms with Crippen LogP contribution in [0.1, 0.15) is 19.4 Å². The van der Waals surface area contributed by atoms with Crippen molar-refractivity contribution in [2.24, 2.45) is 5.92 Å². The zero-order valence-electron chi connectivity index (χ0n) is 22.1. The number of hydrogen-bond donors (Lipinski definition) is 5. The van der Waals surface area contributed by atoms with Gasteiger partial charge in [-0.25, -0.2) is 0 Å². The van der Waals surface area contributed by atoms with Crippen LogP contribution in [0.25, 0.3) is 0 Å². The minimum Gasteiger partial charge on any atom is -0.494 e. The van der Waals surface area contributed by atoms with Crippen molar-refractivity contribution in [1.29, 1.82) is 0 Å². The molecule has 0 aliphatic rings. The van der Waals surface area contributed by atoms with Gasteiger partial charge < -0.3 is 30.3 Å². The zero-order chi connectivity index (χ0) is 29.5. The lowest BCUT2D eigenvalue weighted by Gasteiger charge is -2.36. The monoisotopic (exact) mass is 555 g/mol. The summed E-state index contributed by atoms with van der Waals surface area (Å²) in [5.74, 6) is -8.25. The highest BCUT2D eigenvalue weighted by Gasteiger charge is 2.33. The molecule has 0 saturated heterocycles. The van der Waals surface area contributed by atoms with Crippen LogP contribution in [0.5, 0.6) is 5.75 Å². The first kappa shape index (κ1) is 33.3.